The first-order chi connectivity index (χ1) is 15.3. The highest BCUT2D eigenvalue weighted by Crippen LogP contribution is 2.34. The maximum Gasteiger partial charge on any atom is 0.297 e. The third kappa shape index (κ3) is 5.50. The number of hydrazone groups is 1. The van der Waals surface area contributed by atoms with Crippen molar-refractivity contribution in [2.75, 3.05) is 0 Å². The number of rotatable bonds is 6. The van der Waals surface area contributed by atoms with E-state index in [-0.39, 0.29) is 21.9 Å². The normalized spacial score (nSPS) is 16.4. The summed E-state index contributed by atoms with van der Waals surface area (Å²) >= 11 is 5.90. The standard InChI is InChI=1S/C20H16ClF4N5O3/c1-19(22,23)14-5-11(17(31)29-28-14)8-30-9-27-16(20(2,24)25)15(18(30)32)33-13-4-10(7-26)3-12(21)6-13/h3-6,9,17,29,31H,8H2,1-2H3. The van der Waals surface area contributed by atoms with Crippen molar-refractivity contribution >= 4 is 17.3 Å². The van der Waals surface area contributed by atoms with Crippen molar-refractivity contribution in [2.45, 2.75) is 38.5 Å². The Balaban J connectivity index is 2.07. The number of aliphatic hydroxyl groups excluding tert-OH is 1. The second-order valence-corrected chi connectivity index (χ2v) is 7.71. The van der Waals surface area contributed by atoms with Crippen LogP contribution in [0.25, 0.3) is 0 Å². The van der Waals surface area contributed by atoms with E-state index >= 15 is 0 Å². The van der Waals surface area contributed by atoms with Gasteiger partial charge >= 0.3 is 0 Å². The average molecular weight is 486 g/mol. The fraction of sp³-hybridized carbons (Fsp3) is 0.300. The molecule has 1 aliphatic heterocycles. The molecular weight excluding hydrogens is 470 g/mol. The molecule has 0 saturated heterocycles. The molecule has 8 nitrogen and oxygen atoms in total. The Morgan fingerprint density at radius 3 is 2.58 bits per heavy atom. The average Bonchev–Trinajstić information content (AvgIpc) is 2.70. The Morgan fingerprint density at radius 1 is 1.27 bits per heavy atom. The van der Waals surface area contributed by atoms with Crippen LogP contribution >= 0.6 is 11.6 Å². The fourth-order valence-corrected chi connectivity index (χ4v) is 3.07. The van der Waals surface area contributed by atoms with E-state index in [1.54, 1.807) is 0 Å². The van der Waals surface area contributed by atoms with Gasteiger partial charge in [0.25, 0.3) is 17.4 Å². The maximum absolute atomic E-state index is 14.1. The van der Waals surface area contributed by atoms with Crippen molar-refractivity contribution in [1.82, 2.24) is 15.0 Å². The van der Waals surface area contributed by atoms with E-state index in [1.807, 2.05) is 6.07 Å². The molecule has 0 amide bonds. The molecule has 13 heteroatoms. The zero-order valence-corrected chi connectivity index (χ0v) is 17.9. The lowest BCUT2D eigenvalue weighted by Gasteiger charge is -2.23. The Morgan fingerprint density at radius 2 is 1.97 bits per heavy atom. The fourth-order valence-electron chi connectivity index (χ4n) is 2.85. The molecule has 1 aromatic carbocycles. The third-order valence-corrected chi connectivity index (χ3v) is 4.63. The molecule has 174 valence electrons. The third-order valence-electron chi connectivity index (χ3n) is 4.42. The van der Waals surface area contributed by atoms with Crippen LogP contribution in [0.4, 0.5) is 17.6 Å². The van der Waals surface area contributed by atoms with E-state index < -0.39 is 47.3 Å². The van der Waals surface area contributed by atoms with Gasteiger partial charge in [0.05, 0.1) is 24.5 Å². The number of hydrogen-bond donors (Lipinski definition) is 2. The van der Waals surface area contributed by atoms with Crippen LogP contribution in [0.3, 0.4) is 0 Å². The van der Waals surface area contributed by atoms with Crippen LogP contribution in [-0.2, 0) is 12.5 Å². The van der Waals surface area contributed by atoms with E-state index in [4.69, 9.17) is 21.6 Å². The predicted octanol–water partition coefficient (Wildman–Crippen LogP) is 3.53. The summed E-state index contributed by atoms with van der Waals surface area (Å²) in [6.45, 7) is 0.617. The van der Waals surface area contributed by atoms with E-state index in [2.05, 4.69) is 15.5 Å². The number of benzene rings is 1. The monoisotopic (exact) mass is 485 g/mol. The highest BCUT2D eigenvalue weighted by atomic mass is 35.5. The molecule has 1 aromatic heterocycles. The van der Waals surface area contributed by atoms with Gasteiger partial charge in [0.15, 0.2) is 11.9 Å². The summed E-state index contributed by atoms with van der Waals surface area (Å²) in [5.41, 5.74) is -0.702. The molecule has 0 spiro atoms. The Hall–Kier alpha value is -3.43. The second-order valence-electron chi connectivity index (χ2n) is 7.27. The van der Waals surface area contributed by atoms with Gasteiger partial charge in [-0.2, -0.15) is 27.9 Å². The Kier molecular flexibility index (Phi) is 6.49. The van der Waals surface area contributed by atoms with Gasteiger partial charge in [-0.1, -0.05) is 11.6 Å². The number of hydrogen-bond acceptors (Lipinski definition) is 7. The first-order valence-corrected chi connectivity index (χ1v) is 9.63. The number of aliphatic hydroxyl groups is 1. The first kappa shape index (κ1) is 24.2. The van der Waals surface area contributed by atoms with Crippen molar-refractivity contribution in [1.29, 1.82) is 5.26 Å². The number of alkyl halides is 4. The van der Waals surface area contributed by atoms with Crippen molar-refractivity contribution in [2.24, 2.45) is 5.10 Å². The number of nitriles is 1. The zero-order chi connectivity index (χ0) is 24.6. The summed E-state index contributed by atoms with van der Waals surface area (Å²) in [6.07, 6.45) is 0.168. The van der Waals surface area contributed by atoms with Gasteiger partial charge in [0.2, 0.25) is 5.75 Å². The molecule has 1 atom stereocenters. The van der Waals surface area contributed by atoms with Gasteiger partial charge in [-0.25, -0.2) is 4.98 Å². The lowest BCUT2D eigenvalue weighted by molar-refractivity contribution is 0.0101. The summed E-state index contributed by atoms with van der Waals surface area (Å²) in [7, 11) is 0. The van der Waals surface area contributed by atoms with E-state index in [0.29, 0.717) is 13.8 Å². The molecule has 1 aliphatic rings. The number of aromatic nitrogens is 2. The maximum atomic E-state index is 14.1. The molecule has 1 unspecified atom stereocenters. The van der Waals surface area contributed by atoms with Crippen LogP contribution in [0.2, 0.25) is 5.02 Å². The van der Waals surface area contributed by atoms with Gasteiger partial charge in [-0.15, -0.1) is 0 Å². The molecule has 0 saturated carbocycles. The number of nitrogens with one attached hydrogen (secondary N) is 1. The minimum Gasteiger partial charge on any atom is -0.449 e. The molecule has 33 heavy (non-hydrogen) atoms. The Bertz CT molecular complexity index is 1240. The van der Waals surface area contributed by atoms with Gasteiger partial charge in [0, 0.05) is 24.4 Å². The summed E-state index contributed by atoms with van der Waals surface area (Å²) in [5.74, 6) is -7.95. The molecular formula is C20H16ClF4N5O3. The lowest BCUT2D eigenvalue weighted by Crippen LogP contribution is -2.39. The van der Waals surface area contributed by atoms with Crippen LogP contribution in [0.5, 0.6) is 11.5 Å². The summed E-state index contributed by atoms with van der Waals surface area (Å²) in [6, 6.07) is 5.51. The second kappa shape index (κ2) is 8.84. The minimum atomic E-state index is -3.58. The Labute approximate surface area is 189 Å². The molecule has 2 aromatic rings. The van der Waals surface area contributed by atoms with Gasteiger partial charge in [0.1, 0.15) is 11.5 Å². The van der Waals surface area contributed by atoms with E-state index in [1.165, 1.54) is 18.2 Å². The first-order valence-electron chi connectivity index (χ1n) is 9.26. The minimum absolute atomic E-state index is 0.0559. The molecule has 2 heterocycles. The number of allylic oxidation sites excluding steroid dienone is 1. The van der Waals surface area contributed by atoms with E-state index in [0.717, 1.165) is 17.0 Å². The van der Waals surface area contributed by atoms with Crippen molar-refractivity contribution in [3.63, 3.8) is 0 Å². The van der Waals surface area contributed by atoms with Crippen LogP contribution in [-0.4, -0.2) is 32.5 Å². The van der Waals surface area contributed by atoms with Crippen molar-refractivity contribution in [3.05, 3.63) is 62.8 Å². The largest absolute Gasteiger partial charge is 0.449 e. The highest BCUT2D eigenvalue weighted by Gasteiger charge is 2.35. The zero-order valence-electron chi connectivity index (χ0n) is 17.1. The van der Waals surface area contributed by atoms with Gasteiger partial charge in [-0.05, 0) is 24.3 Å². The molecule has 0 bridgehead atoms. The van der Waals surface area contributed by atoms with Crippen molar-refractivity contribution in [3.8, 4) is 17.6 Å². The van der Waals surface area contributed by atoms with Crippen LogP contribution in [0, 0.1) is 11.3 Å². The van der Waals surface area contributed by atoms with Crippen LogP contribution < -0.4 is 15.7 Å². The molecule has 0 aliphatic carbocycles. The molecule has 0 fully saturated rings. The highest BCUT2D eigenvalue weighted by molar-refractivity contribution is 6.30. The topological polar surface area (TPSA) is 113 Å². The summed E-state index contributed by atoms with van der Waals surface area (Å²) < 4.78 is 61.6. The number of halogens is 5. The van der Waals surface area contributed by atoms with Crippen molar-refractivity contribution < 1.29 is 27.4 Å². The SMILES string of the molecule is CC(F)(F)C1=NNC(O)C(Cn2cnc(C(C)(F)F)c(Oc3cc(Cl)cc(C#N)c3)c2=O)=C1. The number of ether oxygens (including phenoxy) is 1. The molecule has 3 rings (SSSR count). The van der Waals surface area contributed by atoms with Crippen LogP contribution in [0.1, 0.15) is 25.1 Å². The predicted molar refractivity (Wildman–Crippen MR) is 110 cm³/mol. The quantitative estimate of drug-likeness (QED) is 0.605. The van der Waals surface area contributed by atoms with Crippen LogP contribution in [0.15, 0.2) is 46.1 Å². The summed E-state index contributed by atoms with van der Waals surface area (Å²) in [4.78, 5) is 16.6. The number of nitrogens with zero attached hydrogens (tertiary/aromatic N) is 4. The van der Waals surface area contributed by atoms with E-state index in [9.17, 15) is 27.5 Å². The molecule has 2 N–H and O–H groups in total. The van der Waals surface area contributed by atoms with Gasteiger partial charge < -0.3 is 9.84 Å². The molecule has 0 radical (unpaired) electrons. The lowest BCUT2D eigenvalue weighted by atomic mass is 10.1. The summed E-state index contributed by atoms with van der Waals surface area (Å²) in [5, 5.41) is 22.5. The smallest absolute Gasteiger partial charge is 0.297 e. The van der Waals surface area contributed by atoms with Gasteiger partial charge in [-0.3, -0.25) is 14.8 Å².